The Balaban J connectivity index is 1.29. The van der Waals surface area contributed by atoms with Crippen LogP contribution in [-0.2, 0) is 16.6 Å². The first-order valence-electron chi connectivity index (χ1n) is 11.5. The first kappa shape index (κ1) is 24.1. The Bertz CT molecular complexity index is 1520. The molecule has 1 N–H and O–H groups in total. The second-order valence-corrected chi connectivity index (χ2v) is 10.0. The Morgan fingerprint density at radius 1 is 0.865 bits per heavy atom. The molecule has 186 valence electrons. The first-order valence-corrected chi connectivity index (χ1v) is 12.9. The summed E-state index contributed by atoms with van der Waals surface area (Å²) < 4.78 is 38.9. The molecule has 1 aliphatic heterocycles. The third-order valence-electron chi connectivity index (χ3n) is 5.69. The number of hydrogen-bond acceptors (Lipinski definition) is 6. The number of ether oxygens (including phenoxy) is 2. The van der Waals surface area contributed by atoms with Gasteiger partial charge in [-0.05, 0) is 65.7 Å². The predicted molar refractivity (Wildman–Crippen MR) is 140 cm³/mol. The summed E-state index contributed by atoms with van der Waals surface area (Å²) >= 11 is 0. The van der Waals surface area contributed by atoms with E-state index in [4.69, 9.17) is 9.47 Å². The van der Waals surface area contributed by atoms with Gasteiger partial charge < -0.3 is 9.47 Å². The van der Waals surface area contributed by atoms with Gasteiger partial charge in [0.15, 0.2) is 11.5 Å². The average molecular weight is 514 g/mol. The number of carbonyl (C=O) groups is 1. The van der Waals surface area contributed by atoms with E-state index in [-0.39, 0.29) is 24.1 Å². The first-order chi connectivity index (χ1) is 18.0. The van der Waals surface area contributed by atoms with Gasteiger partial charge in [0.25, 0.3) is 15.9 Å². The highest BCUT2D eigenvalue weighted by Crippen LogP contribution is 2.32. The highest BCUT2D eigenvalue weighted by Gasteiger charge is 2.25. The third kappa shape index (κ3) is 5.46. The second kappa shape index (κ2) is 10.5. The van der Waals surface area contributed by atoms with Crippen LogP contribution in [0.1, 0.15) is 21.5 Å². The summed E-state index contributed by atoms with van der Waals surface area (Å²) in [6.45, 7) is 0.287. The molecule has 5 rings (SSSR count). The lowest BCUT2D eigenvalue weighted by Gasteiger charge is -2.24. The van der Waals surface area contributed by atoms with Crippen molar-refractivity contribution in [2.75, 3.05) is 11.1 Å². The van der Waals surface area contributed by atoms with Crippen LogP contribution < -0.4 is 19.2 Å². The maximum Gasteiger partial charge on any atom is 0.271 e. The van der Waals surface area contributed by atoms with E-state index in [0.717, 1.165) is 11.1 Å². The van der Waals surface area contributed by atoms with Gasteiger partial charge in [0.05, 0.1) is 23.3 Å². The van der Waals surface area contributed by atoms with E-state index in [1.54, 1.807) is 97.1 Å². The molecule has 0 radical (unpaired) electrons. The molecule has 1 aliphatic rings. The van der Waals surface area contributed by atoms with Crippen LogP contribution in [0.15, 0.2) is 113 Å². The number of amides is 1. The molecule has 0 aromatic heterocycles. The zero-order valence-corrected chi connectivity index (χ0v) is 20.5. The van der Waals surface area contributed by atoms with Crippen LogP contribution in [-0.4, -0.2) is 27.3 Å². The molecule has 0 saturated carbocycles. The smallest absolute Gasteiger partial charge is 0.271 e. The molecule has 1 amide bonds. The molecule has 0 fully saturated rings. The quantitative estimate of drug-likeness (QED) is 0.275. The Labute approximate surface area is 214 Å². The van der Waals surface area contributed by atoms with E-state index in [0.29, 0.717) is 22.7 Å². The monoisotopic (exact) mass is 513 g/mol. The number of benzene rings is 4. The van der Waals surface area contributed by atoms with Crippen molar-refractivity contribution < 1.29 is 22.7 Å². The molecule has 0 bridgehead atoms. The fourth-order valence-electron chi connectivity index (χ4n) is 3.78. The number of nitrogens with one attached hydrogen (secondary N) is 1. The molecule has 4 aromatic carbocycles. The summed E-state index contributed by atoms with van der Waals surface area (Å²) in [7, 11) is -3.80. The number of fused-ring (bicyclic) bond motifs is 1. The molecule has 4 aromatic rings. The van der Waals surface area contributed by atoms with Crippen LogP contribution in [0.4, 0.5) is 5.69 Å². The minimum absolute atomic E-state index is 0.103. The van der Waals surface area contributed by atoms with Gasteiger partial charge in [0.2, 0.25) is 6.79 Å². The number of hydrogen-bond donors (Lipinski definition) is 1. The van der Waals surface area contributed by atoms with Gasteiger partial charge in [0, 0.05) is 5.56 Å². The molecule has 0 spiro atoms. The van der Waals surface area contributed by atoms with Gasteiger partial charge in [-0.2, -0.15) is 5.10 Å². The standard InChI is InChI=1S/C28H23N3O5S/c32-28(30-29-18-22-13-16-26-27(17-22)36-20-35-26)23-14-11-21(12-15-23)19-31(24-7-3-1-4-8-24)37(33,34)25-9-5-2-6-10-25/h1-18H,19-20H2,(H,30,32)/b29-18-. The molecule has 0 saturated heterocycles. The van der Waals surface area contributed by atoms with Crippen molar-refractivity contribution in [2.45, 2.75) is 11.4 Å². The van der Waals surface area contributed by atoms with Gasteiger partial charge in [0.1, 0.15) is 0 Å². The van der Waals surface area contributed by atoms with E-state index in [1.807, 2.05) is 6.07 Å². The predicted octanol–water partition coefficient (Wildman–Crippen LogP) is 4.57. The van der Waals surface area contributed by atoms with Crippen molar-refractivity contribution in [3.05, 3.63) is 120 Å². The van der Waals surface area contributed by atoms with E-state index >= 15 is 0 Å². The summed E-state index contributed by atoms with van der Waals surface area (Å²) in [4.78, 5) is 12.7. The Kier molecular flexibility index (Phi) is 6.87. The van der Waals surface area contributed by atoms with Crippen LogP contribution in [0.3, 0.4) is 0 Å². The molecular weight excluding hydrogens is 490 g/mol. The minimum Gasteiger partial charge on any atom is -0.454 e. The van der Waals surface area contributed by atoms with Crippen LogP contribution in [0, 0.1) is 0 Å². The summed E-state index contributed by atoms with van der Waals surface area (Å²) in [6, 6.07) is 29.3. The normalized spacial score (nSPS) is 12.4. The number of anilines is 1. The number of rotatable bonds is 8. The van der Waals surface area contributed by atoms with Gasteiger partial charge in [-0.25, -0.2) is 13.8 Å². The Hall–Kier alpha value is -4.63. The van der Waals surface area contributed by atoms with Crippen molar-refractivity contribution in [3.63, 3.8) is 0 Å². The topological polar surface area (TPSA) is 97.3 Å². The summed E-state index contributed by atoms with van der Waals surface area (Å²) in [5.41, 5.74) is 4.91. The van der Waals surface area contributed by atoms with E-state index in [9.17, 15) is 13.2 Å². The van der Waals surface area contributed by atoms with E-state index < -0.39 is 10.0 Å². The van der Waals surface area contributed by atoms with Crippen LogP contribution in [0.5, 0.6) is 11.5 Å². The minimum atomic E-state index is -3.80. The van der Waals surface area contributed by atoms with E-state index in [2.05, 4.69) is 10.5 Å². The van der Waals surface area contributed by atoms with Crippen molar-refractivity contribution in [2.24, 2.45) is 5.10 Å². The van der Waals surface area contributed by atoms with Crippen molar-refractivity contribution in [3.8, 4) is 11.5 Å². The summed E-state index contributed by atoms with van der Waals surface area (Å²) in [6.07, 6.45) is 1.51. The number of para-hydroxylation sites is 1. The van der Waals surface area contributed by atoms with Crippen molar-refractivity contribution >= 4 is 27.8 Å². The SMILES string of the molecule is O=C(N/N=C\c1ccc2c(c1)OCO2)c1ccc(CN(c2ccccc2)S(=O)(=O)c2ccccc2)cc1. The van der Waals surface area contributed by atoms with Gasteiger partial charge in [-0.15, -0.1) is 0 Å². The zero-order chi connectivity index (χ0) is 25.7. The largest absolute Gasteiger partial charge is 0.454 e. The lowest BCUT2D eigenvalue weighted by Crippen LogP contribution is -2.30. The Morgan fingerprint density at radius 3 is 2.27 bits per heavy atom. The molecular formula is C28H23N3O5S. The molecule has 8 nitrogen and oxygen atoms in total. The lowest BCUT2D eigenvalue weighted by atomic mass is 10.1. The third-order valence-corrected chi connectivity index (χ3v) is 7.48. The number of carbonyl (C=O) groups excluding carboxylic acids is 1. The fourth-order valence-corrected chi connectivity index (χ4v) is 5.25. The molecule has 37 heavy (non-hydrogen) atoms. The highest BCUT2D eigenvalue weighted by molar-refractivity contribution is 7.92. The van der Waals surface area contributed by atoms with Crippen molar-refractivity contribution in [1.82, 2.24) is 5.43 Å². The summed E-state index contributed by atoms with van der Waals surface area (Å²) in [5.74, 6) is 0.911. The lowest BCUT2D eigenvalue weighted by molar-refractivity contribution is 0.0955. The molecule has 9 heteroatoms. The van der Waals surface area contributed by atoms with Crippen LogP contribution in [0.25, 0.3) is 0 Å². The number of nitrogens with zero attached hydrogens (tertiary/aromatic N) is 2. The Morgan fingerprint density at radius 2 is 1.54 bits per heavy atom. The fraction of sp³-hybridized carbons (Fsp3) is 0.0714. The molecule has 0 unspecified atom stereocenters. The second-order valence-electron chi connectivity index (χ2n) is 8.17. The maximum atomic E-state index is 13.4. The summed E-state index contributed by atoms with van der Waals surface area (Å²) in [5, 5.41) is 4.01. The van der Waals surface area contributed by atoms with Crippen LogP contribution in [0.2, 0.25) is 0 Å². The maximum absolute atomic E-state index is 13.4. The van der Waals surface area contributed by atoms with E-state index in [1.165, 1.54) is 10.5 Å². The average Bonchev–Trinajstić information content (AvgIpc) is 3.41. The number of sulfonamides is 1. The molecule has 1 heterocycles. The van der Waals surface area contributed by atoms with Gasteiger partial charge in [-0.1, -0.05) is 48.5 Å². The molecule has 0 atom stereocenters. The zero-order valence-electron chi connectivity index (χ0n) is 19.7. The van der Waals surface area contributed by atoms with Crippen LogP contribution >= 0.6 is 0 Å². The highest BCUT2D eigenvalue weighted by atomic mass is 32.2. The van der Waals surface area contributed by atoms with Gasteiger partial charge >= 0.3 is 0 Å². The number of hydrazone groups is 1. The van der Waals surface area contributed by atoms with Crippen molar-refractivity contribution in [1.29, 1.82) is 0 Å². The van der Waals surface area contributed by atoms with Gasteiger partial charge in [-0.3, -0.25) is 9.10 Å². The molecule has 0 aliphatic carbocycles.